The second-order valence-corrected chi connectivity index (χ2v) is 5.76. The summed E-state index contributed by atoms with van der Waals surface area (Å²) in [7, 11) is 4.96. The van der Waals surface area contributed by atoms with E-state index < -0.39 is 0 Å². The topological polar surface area (TPSA) is 85.6 Å². The number of rotatable bonds is 5. The highest BCUT2D eigenvalue weighted by molar-refractivity contribution is 5.93. The van der Waals surface area contributed by atoms with Crippen molar-refractivity contribution >= 4 is 11.6 Å². The first-order chi connectivity index (χ1) is 12.2. The molecule has 2 heterocycles. The van der Waals surface area contributed by atoms with Gasteiger partial charge in [-0.25, -0.2) is 0 Å². The van der Waals surface area contributed by atoms with E-state index in [9.17, 15) is 0 Å². The number of guanidine groups is 1. The monoisotopic (exact) mass is 344 g/mol. The fourth-order valence-electron chi connectivity index (χ4n) is 2.89. The highest BCUT2D eigenvalue weighted by Crippen LogP contribution is 2.29. The number of hydrogen-bond acceptors (Lipinski definition) is 5. The minimum Gasteiger partial charge on any atom is -0.493 e. The number of ether oxygens (including phenoxy) is 2. The lowest BCUT2D eigenvalue weighted by Crippen LogP contribution is -2.31. The lowest BCUT2D eigenvalue weighted by Gasteiger charge is -2.16. The Hall–Kier alpha value is -2.77. The number of benzene rings is 1. The molecule has 0 amide bonds. The van der Waals surface area contributed by atoms with Gasteiger partial charge in [-0.3, -0.25) is 4.99 Å². The molecule has 0 radical (unpaired) electrons. The molecule has 0 bridgehead atoms. The van der Waals surface area contributed by atoms with Crippen molar-refractivity contribution in [1.29, 1.82) is 0 Å². The van der Waals surface area contributed by atoms with Crippen molar-refractivity contribution in [2.24, 2.45) is 4.99 Å². The van der Waals surface area contributed by atoms with E-state index in [1.54, 1.807) is 21.3 Å². The summed E-state index contributed by atoms with van der Waals surface area (Å²) in [4.78, 5) is 4.26. The molecule has 134 valence electrons. The van der Waals surface area contributed by atoms with Crippen LogP contribution in [0.4, 0.5) is 5.69 Å². The molecule has 1 aliphatic heterocycles. The SMILES string of the molecule is CN=C(NCc1nnc2n1CCCC2)Nc1ccc(OC)c(OC)c1. The average Bonchev–Trinajstić information content (AvgIpc) is 3.08. The second-order valence-electron chi connectivity index (χ2n) is 5.76. The Bertz CT molecular complexity index is 756. The third-order valence-corrected chi connectivity index (χ3v) is 4.22. The van der Waals surface area contributed by atoms with Crippen molar-refractivity contribution in [2.45, 2.75) is 32.4 Å². The lowest BCUT2D eigenvalue weighted by atomic mass is 10.2. The molecule has 0 fully saturated rings. The van der Waals surface area contributed by atoms with Crippen molar-refractivity contribution in [1.82, 2.24) is 20.1 Å². The van der Waals surface area contributed by atoms with E-state index in [1.165, 1.54) is 12.8 Å². The Labute approximate surface area is 147 Å². The third-order valence-electron chi connectivity index (χ3n) is 4.22. The van der Waals surface area contributed by atoms with E-state index in [2.05, 4.69) is 30.4 Å². The molecule has 0 aliphatic carbocycles. The maximum Gasteiger partial charge on any atom is 0.195 e. The van der Waals surface area contributed by atoms with Gasteiger partial charge in [-0.05, 0) is 25.0 Å². The number of aryl methyl sites for hydroxylation is 1. The first-order valence-corrected chi connectivity index (χ1v) is 8.35. The van der Waals surface area contributed by atoms with Crippen LogP contribution in [0.3, 0.4) is 0 Å². The smallest absolute Gasteiger partial charge is 0.195 e. The molecule has 8 heteroatoms. The van der Waals surface area contributed by atoms with E-state index in [1.807, 2.05) is 18.2 Å². The molecule has 25 heavy (non-hydrogen) atoms. The average molecular weight is 344 g/mol. The molecule has 2 N–H and O–H groups in total. The van der Waals surface area contributed by atoms with Gasteiger partial charge in [-0.2, -0.15) is 0 Å². The summed E-state index contributed by atoms with van der Waals surface area (Å²) in [6, 6.07) is 5.63. The molecule has 0 atom stereocenters. The molecular formula is C17H24N6O2. The van der Waals surface area contributed by atoms with Crippen molar-refractivity contribution < 1.29 is 9.47 Å². The number of fused-ring (bicyclic) bond motifs is 1. The first-order valence-electron chi connectivity index (χ1n) is 8.35. The van der Waals surface area contributed by atoms with Crippen molar-refractivity contribution in [3.63, 3.8) is 0 Å². The van der Waals surface area contributed by atoms with Gasteiger partial charge in [0.15, 0.2) is 23.3 Å². The van der Waals surface area contributed by atoms with Crippen LogP contribution in [-0.4, -0.2) is 42.0 Å². The molecule has 2 aromatic rings. The van der Waals surface area contributed by atoms with Crippen LogP contribution in [0.2, 0.25) is 0 Å². The molecule has 0 unspecified atom stereocenters. The minimum absolute atomic E-state index is 0.569. The predicted molar refractivity (Wildman–Crippen MR) is 96.3 cm³/mol. The van der Waals surface area contributed by atoms with Gasteiger partial charge in [-0.1, -0.05) is 0 Å². The standard InChI is InChI=1S/C17H24N6O2/c1-18-17(20-12-7-8-13(24-2)14(10-12)25-3)19-11-16-22-21-15-6-4-5-9-23(15)16/h7-8,10H,4-6,9,11H2,1-3H3,(H2,18,19,20). The summed E-state index contributed by atoms with van der Waals surface area (Å²) >= 11 is 0. The van der Waals surface area contributed by atoms with Crippen LogP contribution in [0.15, 0.2) is 23.2 Å². The number of nitrogens with zero attached hydrogens (tertiary/aromatic N) is 4. The van der Waals surface area contributed by atoms with Crippen LogP contribution in [0.1, 0.15) is 24.5 Å². The van der Waals surface area contributed by atoms with Crippen LogP contribution in [0, 0.1) is 0 Å². The zero-order valence-corrected chi connectivity index (χ0v) is 14.9. The first kappa shape index (κ1) is 17.1. The summed E-state index contributed by atoms with van der Waals surface area (Å²) in [6.07, 6.45) is 3.37. The van der Waals surface area contributed by atoms with Crippen molar-refractivity contribution in [2.75, 3.05) is 26.6 Å². The van der Waals surface area contributed by atoms with Gasteiger partial charge in [0.2, 0.25) is 0 Å². The molecular weight excluding hydrogens is 320 g/mol. The van der Waals surface area contributed by atoms with Gasteiger partial charge in [0, 0.05) is 31.8 Å². The Kier molecular flexibility index (Phi) is 5.37. The molecule has 3 rings (SSSR count). The molecule has 1 aromatic heterocycles. The lowest BCUT2D eigenvalue weighted by molar-refractivity contribution is 0.355. The molecule has 8 nitrogen and oxygen atoms in total. The summed E-state index contributed by atoms with van der Waals surface area (Å²) in [5.74, 6) is 4.01. The maximum absolute atomic E-state index is 5.33. The highest BCUT2D eigenvalue weighted by Gasteiger charge is 2.15. The van der Waals surface area contributed by atoms with Gasteiger partial charge < -0.3 is 24.7 Å². The molecule has 0 saturated carbocycles. The Morgan fingerprint density at radius 1 is 1.20 bits per heavy atom. The van der Waals surface area contributed by atoms with E-state index in [0.717, 1.165) is 30.3 Å². The fourth-order valence-corrected chi connectivity index (χ4v) is 2.89. The zero-order valence-electron chi connectivity index (χ0n) is 14.9. The van der Waals surface area contributed by atoms with Gasteiger partial charge in [0.25, 0.3) is 0 Å². The van der Waals surface area contributed by atoms with Gasteiger partial charge >= 0.3 is 0 Å². The summed E-state index contributed by atoms with van der Waals surface area (Å²) in [5, 5.41) is 15.1. The minimum atomic E-state index is 0.569. The van der Waals surface area contributed by atoms with Crippen LogP contribution >= 0.6 is 0 Å². The number of nitrogens with one attached hydrogen (secondary N) is 2. The van der Waals surface area contributed by atoms with Crippen molar-refractivity contribution in [3.8, 4) is 11.5 Å². The summed E-state index contributed by atoms with van der Waals surface area (Å²) < 4.78 is 12.8. The number of aliphatic imine (C=N–C) groups is 1. The predicted octanol–water partition coefficient (Wildman–Crippen LogP) is 1.82. The maximum atomic E-state index is 5.33. The number of hydrogen-bond donors (Lipinski definition) is 2. The van der Waals surface area contributed by atoms with E-state index >= 15 is 0 Å². The van der Waals surface area contributed by atoms with Crippen molar-refractivity contribution in [3.05, 3.63) is 29.8 Å². The normalized spacial score (nSPS) is 14.0. The van der Waals surface area contributed by atoms with Crippen LogP contribution in [-0.2, 0) is 19.5 Å². The molecule has 0 spiro atoms. The zero-order chi connectivity index (χ0) is 17.6. The van der Waals surface area contributed by atoms with Crippen LogP contribution in [0.25, 0.3) is 0 Å². The number of aromatic nitrogens is 3. The second kappa shape index (κ2) is 7.87. The Morgan fingerprint density at radius 2 is 2.04 bits per heavy atom. The molecule has 1 aromatic carbocycles. The summed E-state index contributed by atoms with van der Waals surface area (Å²) in [6.45, 7) is 1.56. The van der Waals surface area contributed by atoms with E-state index in [-0.39, 0.29) is 0 Å². The van der Waals surface area contributed by atoms with E-state index in [4.69, 9.17) is 9.47 Å². The number of methoxy groups -OCH3 is 2. The third kappa shape index (κ3) is 3.84. The van der Waals surface area contributed by atoms with Gasteiger partial charge in [0.05, 0.1) is 20.8 Å². The largest absolute Gasteiger partial charge is 0.493 e. The molecule has 1 aliphatic rings. The summed E-state index contributed by atoms with van der Waals surface area (Å²) in [5.41, 5.74) is 0.856. The van der Waals surface area contributed by atoms with Crippen LogP contribution in [0.5, 0.6) is 11.5 Å². The fraction of sp³-hybridized carbons (Fsp3) is 0.471. The van der Waals surface area contributed by atoms with Gasteiger partial charge in [-0.15, -0.1) is 10.2 Å². The van der Waals surface area contributed by atoms with Crippen LogP contribution < -0.4 is 20.1 Å². The number of anilines is 1. The highest BCUT2D eigenvalue weighted by atomic mass is 16.5. The van der Waals surface area contributed by atoms with E-state index in [0.29, 0.717) is 24.0 Å². The molecule has 0 saturated heterocycles. The quantitative estimate of drug-likeness (QED) is 0.636. The Balaban J connectivity index is 1.65. The van der Waals surface area contributed by atoms with Gasteiger partial charge in [0.1, 0.15) is 5.82 Å². The Morgan fingerprint density at radius 3 is 2.80 bits per heavy atom.